The molecule has 0 bridgehead atoms. The first-order valence-electron chi connectivity index (χ1n) is 5.53. The quantitative estimate of drug-likeness (QED) is 0.691. The minimum absolute atomic E-state index is 0.232. The van der Waals surface area contributed by atoms with Crippen molar-refractivity contribution in [2.24, 2.45) is 12.0 Å². The predicted molar refractivity (Wildman–Crippen MR) is 74.4 cm³/mol. The van der Waals surface area contributed by atoms with Crippen molar-refractivity contribution in [3.8, 4) is 0 Å². The first kappa shape index (κ1) is 12.2. The van der Waals surface area contributed by atoms with Crippen LogP contribution in [0.25, 0.3) is 10.2 Å². The van der Waals surface area contributed by atoms with Crippen LogP contribution in [0.5, 0.6) is 0 Å². The Morgan fingerprint density at radius 2 is 2.26 bits per heavy atom. The maximum Gasteiger partial charge on any atom is 0.315 e. The molecule has 0 spiro atoms. The summed E-state index contributed by atoms with van der Waals surface area (Å²) in [5.41, 5.74) is 0.986. The lowest BCUT2D eigenvalue weighted by atomic mass is 10.3. The van der Waals surface area contributed by atoms with E-state index in [0.717, 1.165) is 10.2 Å². The van der Waals surface area contributed by atoms with E-state index in [9.17, 15) is 4.79 Å². The number of halogens is 1. The van der Waals surface area contributed by atoms with Crippen molar-refractivity contribution in [3.63, 3.8) is 0 Å². The fourth-order valence-electron chi connectivity index (χ4n) is 1.76. The minimum atomic E-state index is -0.391. The molecule has 0 radical (unpaired) electrons. The number of rotatable bonds is 1. The molecule has 4 nitrogen and oxygen atoms in total. The third-order valence-corrected chi connectivity index (χ3v) is 4.03. The highest BCUT2D eigenvalue weighted by molar-refractivity contribution is 7.16. The summed E-state index contributed by atoms with van der Waals surface area (Å²) in [5.74, 6) is -0.159. The first-order valence-corrected chi connectivity index (χ1v) is 6.72. The monoisotopic (exact) mass is 292 g/mol. The van der Waals surface area contributed by atoms with Crippen molar-refractivity contribution in [1.29, 1.82) is 0 Å². The number of amides is 1. The van der Waals surface area contributed by atoms with Crippen LogP contribution in [0.2, 0.25) is 5.02 Å². The van der Waals surface area contributed by atoms with E-state index in [1.54, 1.807) is 12.1 Å². The molecular weight excluding hydrogens is 284 g/mol. The van der Waals surface area contributed by atoms with Crippen molar-refractivity contribution in [2.75, 3.05) is 0 Å². The number of nitrogens with zero attached hydrogens (tertiary/aromatic N) is 2. The van der Waals surface area contributed by atoms with Crippen molar-refractivity contribution in [1.82, 2.24) is 4.57 Å². The Bertz CT molecular complexity index is 815. The summed E-state index contributed by atoms with van der Waals surface area (Å²) in [5, 5.41) is 0.665. The highest BCUT2D eigenvalue weighted by Gasteiger charge is 2.09. The molecule has 0 saturated carbocycles. The van der Waals surface area contributed by atoms with Crippen molar-refractivity contribution in [3.05, 3.63) is 52.2 Å². The van der Waals surface area contributed by atoms with E-state index >= 15 is 0 Å². The number of hydrogen-bond donors (Lipinski definition) is 0. The van der Waals surface area contributed by atoms with Gasteiger partial charge in [-0.15, -0.1) is 0 Å². The van der Waals surface area contributed by atoms with E-state index < -0.39 is 5.91 Å². The molecule has 19 heavy (non-hydrogen) atoms. The molecule has 1 amide bonds. The van der Waals surface area contributed by atoms with E-state index in [2.05, 4.69) is 4.99 Å². The summed E-state index contributed by atoms with van der Waals surface area (Å²) >= 11 is 7.37. The average molecular weight is 293 g/mol. The fourth-order valence-corrected chi connectivity index (χ4v) is 3.05. The molecule has 0 N–H and O–H groups in total. The van der Waals surface area contributed by atoms with Crippen molar-refractivity contribution < 1.29 is 9.21 Å². The third-order valence-electron chi connectivity index (χ3n) is 2.70. The molecule has 1 aromatic carbocycles. The van der Waals surface area contributed by atoms with Crippen LogP contribution >= 0.6 is 22.9 Å². The van der Waals surface area contributed by atoms with E-state index in [-0.39, 0.29) is 5.76 Å². The third kappa shape index (κ3) is 2.22. The number of fused-ring (bicyclic) bond motifs is 1. The van der Waals surface area contributed by atoms with E-state index in [4.69, 9.17) is 16.0 Å². The lowest BCUT2D eigenvalue weighted by molar-refractivity contribution is 0.0971. The molecule has 0 unspecified atom stereocenters. The van der Waals surface area contributed by atoms with Gasteiger partial charge in [0.05, 0.1) is 16.5 Å². The van der Waals surface area contributed by atoms with Gasteiger partial charge in [0.2, 0.25) is 0 Å². The van der Waals surface area contributed by atoms with Gasteiger partial charge < -0.3 is 8.98 Å². The lowest BCUT2D eigenvalue weighted by Crippen LogP contribution is -2.12. The van der Waals surface area contributed by atoms with Gasteiger partial charge in [-0.3, -0.25) is 4.79 Å². The van der Waals surface area contributed by atoms with Gasteiger partial charge in [-0.1, -0.05) is 22.9 Å². The summed E-state index contributed by atoms with van der Waals surface area (Å²) in [7, 11) is 1.86. The first-order chi connectivity index (χ1) is 9.15. The Labute approximate surface area is 117 Å². The molecule has 0 aliphatic rings. The molecule has 0 saturated heterocycles. The zero-order chi connectivity index (χ0) is 13.4. The maximum atomic E-state index is 11.9. The number of furan rings is 1. The number of aromatic nitrogens is 1. The van der Waals surface area contributed by atoms with Gasteiger partial charge >= 0.3 is 5.91 Å². The zero-order valence-electron chi connectivity index (χ0n) is 9.96. The standard InChI is InChI=1S/C13H9ClN2O2S/c1-16-9-5-4-8(14)7-11(9)19-13(16)15-12(17)10-3-2-6-18-10/h2-7H,1H3. The normalized spacial score (nSPS) is 12.2. The van der Waals surface area contributed by atoms with Gasteiger partial charge in [0.15, 0.2) is 10.6 Å². The average Bonchev–Trinajstić information content (AvgIpc) is 2.99. The van der Waals surface area contributed by atoms with Crippen molar-refractivity contribution >= 4 is 39.1 Å². The number of aryl methyl sites for hydroxylation is 1. The van der Waals surface area contributed by atoms with Crippen LogP contribution in [-0.4, -0.2) is 10.5 Å². The second-order valence-electron chi connectivity index (χ2n) is 3.95. The van der Waals surface area contributed by atoms with Crippen LogP contribution in [0.4, 0.5) is 0 Å². The Hall–Kier alpha value is -1.85. The van der Waals surface area contributed by atoms with Crippen molar-refractivity contribution in [2.45, 2.75) is 0 Å². The minimum Gasteiger partial charge on any atom is -0.459 e. The fraction of sp³-hybridized carbons (Fsp3) is 0.0769. The Kier molecular flexibility index (Phi) is 3.00. The van der Waals surface area contributed by atoms with E-state index in [1.807, 2.05) is 29.8 Å². The smallest absolute Gasteiger partial charge is 0.315 e. The summed E-state index contributed by atoms with van der Waals surface area (Å²) in [4.78, 5) is 16.6. The molecule has 2 heterocycles. The summed E-state index contributed by atoms with van der Waals surface area (Å²) < 4.78 is 7.88. The Morgan fingerprint density at radius 3 is 3.00 bits per heavy atom. The van der Waals surface area contributed by atoms with Crippen LogP contribution in [0.3, 0.4) is 0 Å². The molecular formula is C13H9ClN2O2S. The van der Waals surface area contributed by atoms with Crippen LogP contribution < -0.4 is 4.80 Å². The van der Waals surface area contributed by atoms with E-state index in [1.165, 1.54) is 17.6 Å². The SMILES string of the molecule is Cn1c(=NC(=O)c2ccco2)sc2cc(Cl)ccc21. The molecule has 6 heteroatoms. The van der Waals surface area contributed by atoms with Crippen LogP contribution in [0.1, 0.15) is 10.6 Å². The maximum absolute atomic E-state index is 11.9. The number of hydrogen-bond acceptors (Lipinski definition) is 3. The predicted octanol–water partition coefficient (Wildman–Crippen LogP) is 3.23. The van der Waals surface area contributed by atoms with Gasteiger partial charge in [0, 0.05) is 12.1 Å². The van der Waals surface area contributed by atoms with Gasteiger partial charge in [-0.05, 0) is 30.3 Å². The van der Waals surface area contributed by atoms with E-state index in [0.29, 0.717) is 9.82 Å². The second-order valence-corrected chi connectivity index (χ2v) is 5.40. The molecule has 2 aromatic heterocycles. The number of carbonyl (C=O) groups excluding carboxylic acids is 1. The van der Waals surface area contributed by atoms with Crippen LogP contribution in [-0.2, 0) is 7.05 Å². The zero-order valence-corrected chi connectivity index (χ0v) is 11.5. The molecule has 0 aliphatic heterocycles. The number of benzene rings is 1. The summed E-state index contributed by atoms with van der Waals surface area (Å²) in [6, 6.07) is 8.83. The largest absolute Gasteiger partial charge is 0.459 e. The molecule has 3 rings (SSSR count). The second kappa shape index (κ2) is 4.68. The molecule has 0 atom stereocenters. The van der Waals surface area contributed by atoms with Crippen LogP contribution in [0, 0.1) is 0 Å². The van der Waals surface area contributed by atoms with Gasteiger partial charge in [0.1, 0.15) is 0 Å². The van der Waals surface area contributed by atoms with Gasteiger partial charge in [-0.25, -0.2) is 0 Å². The van der Waals surface area contributed by atoms with Gasteiger partial charge in [-0.2, -0.15) is 4.99 Å². The molecule has 0 aliphatic carbocycles. The number of carbonyl (C=O) groups is 1. The van der Waals surface area contributed by atoms with Crippen LogP contribution in [0.15, 0.2) is 46.0 Å². The van der Waals surface area contributed by atoms with Gasteiger partial charge in [0.25, 0.3) is 0 Å². The molecule has 96 valence electrons. The highest BCUT2D eigenvalue weighted by Crippen LogP contribution is 2.21. The lowest BCUT2D eigenvalue weighted by Gasteiger charge is -1.94. The molecule has 0 fully saturated rings. The highest BCUT2D eigenvalue weighted by atomic mass is 35.5. The summed E-state index contributed by atoms with van der Waals surface area (Å²) in [6.45, 7) is 0. The summed E-state index contributed by atoms with van der Waals surface area (Å²) in [6.07, 6.45) is 1.45. The Balaban J connectivity index is 2.15. The molecule has 3 aromatic rings. The Morgan fingerprint density at radius 1 is 1.42 bits per heavy atom. The topological polar surface area (TPSA) is 47.5 Å². The number of thiazole rings is 1.